The van der Waals surface area contributed by atoms with Crippen LogP contribution >= 0.6 is 23.1 Å². The van der Waals surface area contributed by atoms with Crippen LogP contribution in [0.25, 0.3) is 10.2 Å². The van der Waals surface area contributed by atoms with Crippen LogP contribution in [0.2, 0.25) is 0 Å². The van der Waals surface area contributed by atoms with Crippen molar-refractivity contribution >= 4 is 44.8 Å². The fraction of sp³-hybridized carbons (Fsp3) is 0.261. The normalized spacial score (nSPS) is 13.2. The van der Waals surface area contributed by atoms with E-state index in [1.165, 1.54) is 23.1 Å². The number of non-ortho nitro benzene ring substituents is 1. The van der Waals surface area contributed by atoms with E-state index in [0.717, 1.165) is 43.0 Å². The molecule has 0 unspecified atom stereocenters. The summed E-state index contributed by atoms with van der Waals surface area (Å²) in [5.74, 6) is 0.352. The van der Waals surface area contributed by atoms with Crippen LogP contribution in [0, 0.1) is 10.1 Å². The van der Waals surface area contributed by atoms with Crippen molar-refractivity contribution in [2.75, 3.05) is 5.75 Å². The van der Waals surface area contributed by atoms with Gasteiger partial charge in [-0.05, 0) is 43.4 Å². The molecule has 0 amide bonds. The van der Waals surface area contributed by atoms with Crippen LogP contribution in [0.3, 0.4) is 0 Å². The van der Waals surface area contributed by atoms with Gasteiger partial charge in [-0.1, -0.05) is 23.9 Å². The smallest absolute Gasteiger partial charge is 0.270 e. The largest absolute Gasteiger partial charge is 0.467 e. The van der Waals surface area contributed by atoms with Crippen molar-refractivity contribution < 1.29 is 14.1 Å². The molecule has 0 fully saturated rings. The van der Waals surface area contributed by atoms with E-state index in [4.69, 9.17) is 9.40 Å². The van der Waals surface area contributed by atoms with Crippen molar-refractivity contribution in [1.29, 1.82) is 0 Å². The van der Waals surface area contributed by atoms with Gasteiger partial charge in [-0.25, -0.2) is 4.98 Å². The molecule has 1 aliphatic carbocycles. The molecule has 33 heavy (non-hydrogen) atoms. The summed E-state index contributed by atoms with van der Waals surface area (Å²) in [6.45, 7) is 0.215. The first-order valence-electron chi connectivity index (χ1n) is 10.5. The average molecular weight is 482 g/mol. The average Bonchev–Trinajstić information content (AvgIpc) is 3.47. The Hall–Kier alpha value is -3.24. The summed E-state index contributed by atoms with van der Waals surface area (Å²) in [6.07, 6.45) is 5.56. The Morgan fingerprint density at radius 1 is 1.24 bits per heavy atom. The first-order valence-corrected chi connectivity index (χ1v) is 12.3. The second-order valence-corrected chi connectivity index (χ2v) is 9.80. The van der Waals surface area contributed by atoms with Crippen molar-refractivity contribution in [3.05, 3.63) is 84.9 Å². The fourth-order valence-electron chi connectivity index (χ4n) is 4.03. The van der Waals surface area contributed by atoms with Gasteiger partial charge in [-0.3, -0.25) is 24.3 Å². The fourth-order valence-corrected chi connectivity index (χ4v) is 6.23. The monoisotopic (exact) mass is 481 g/mol. The van der Waals surface area contributed by atoms with Gasteiger partial charge in [0.25, 0.3) is 11.2 Å². The summed E-state index contributed by atoms with van der Waals surface area (Å²) >= 11 is 2.72. The number of hydrogen-bond acceptors (Lipinski definition) is 8. The van der Waals surface area contributed by atoms with Crippen LogP contribution in [0.5, 0.6) is 0 Å². The quantitative estimate of drug-likeness (QED) is 0.122. The highest BCUT2D eigenvalue weighted by Crippen LogP contribution is 2.35. The molecular formula is C23H19N3O5S2. The summed E-state index contributed by atoms with van der Waals surface area (Å²) in [5, 5.41) is 12.1. The number of carbonyl (C=O) groups is 1. The lowest BCUT2D eigenvalue weighted by atomic mass is 9.97. The first-order chi connectivity index (χ1) is 16.0. The molecule has 168 valence electrons. The Labute approximate surface area is 196 Å². The molecule has 0 bridgehead atoms. The number of aromatic nitrogens is 2. The van der Waals surface area contributed by atoms with Gasteiger partial charge in [0.05, 0.1) is 28.9 Å². The number of benzene rings is 1. The van der Waals surface area contributed by atoms with Gasteiger partial charge in [0.1, 0.15) is 10.6 Å². The van der Waals surface area contributed by atoms with Gasteiger partial charge in [-0.15, -0.1) is 11.3 Å². The highest BCUT2D eigenvalue weighted by molar-refractivity contribution is 7.99. The number of carbonyl (C=O) groups excluding carboxylic acids is 1. The van der Waals surface area contributed by atoms with Crippen LogP contribution in [0.1, 0.15) is 39.4 Å². The van der Waals surface area contributed by atoms with Crippen molar-refractivity contribution in [2.24, 2.45) is 0 Å². The second-order valence-electron chi connectivity index (χ2n) is 7.78. The van der Waals surface area contributed by atoms with Crippen molar-refractivity contribution in [3.63, 3.8) is 0 Å². The lowest BCUT2D eigenvalue weighted by molar-refractivity contribution is -0.384. The zero-order chi connectivity index (χ0) is 22.9. The number of aryl methyl sites for hydroxylation is 2. The van der Waals surface area contributed by atoms with Crippen LogP contribution in [-0.4, -0.2) is 26.0 Å². The number of nitrogens with zero attached hydrogens (tertiary/aromatic N) is 3. The number of thiophene rings is 1. The van der Waals surface area contributed by atoms with Crippen LogP contribution in [-0.2, 0) is 19.4 Å². The molecule has 0 saturated carbocycles. The van der Waals surface area contributed by atoms with Gasteiger partial charge >= 0.3 is 0 Å². The molecule has 0 saturated heterocycles. The molecule has 5 rings (SSSR count). The molecule has 0 aliphatic heterocycles. The van der Waals surface area contributed by atoms with Gasteiger partial charge in [0.15, 0.2) is 10.9 Å². The molecule has 1 aliphatic rings. The molecule has 8 nitrogen and oxygen atoms in total. The van der Waals surface area contributed by atoms with E-state index in [9.17, 15) is 19.7 Å². The zero-order valence-corrected chi connectivity index (χ0v) is 19.1. The molecule has 10 heteroatoms. The molecule has 0 spiro atoms. The minimum Gasteiger partial charge on any atom is -0.467 e. The standard InChI is InChI=1S/C23H19N3O5S2/c27-18(14-5-3-6-15(11-14)26(29)30)13-32-23-24-21-20(17-8-1-2-9-19(17)33-21)22(28)25(23)12-16-7-4-10-31-16/h3-7,10-11H,1-2,8-9,12-13H2. The van der Waals surface area contributed by atoms with E-state index in [2.05, 4.69) is 0 Å². The number of furan rings is 1. The molecule has 0 atom stereocenters. The lowest BCUT2D eigenvalue weighted by Gasteiger charge is -2.12. The Kier molecular flexibility index (Phi) is 5.86. The predicted molar refractivity (Wildman–Crippen MR) is 126 cm³/mol. The number of fused-ring (bicyclic) bond motifs is 3. The number of rotatable bonds is 7. The third-order valence-electron chi connectivity index (χ3n) is 5.65. The summed E-state index contributed by atoms with van der Waals surface area (Å²) in [6, 6.07) is 9.21. The first kappa shape index (κ1) is 21.6. The number of nitro benzene ring substituents is 1. The Bertz CT molecular complexity index is 1420. The minimum absolute atomic E-state index is 0.00234. The molecule has 3 heterocycles. The number of thioether (sulfide) groups is 1. The third-order valence-corrected chi connectivity index (χ3v) is 7.81. The maximum Gasteiger partial charge on any atom is 0.270 e. The Balaban J connectivity index is 1.51. The van der Waals surface area contributed by atoms with E-state index >= 15 is 0 Å². The summed E-state index contributed by atoms with van der Waals surface area (Å²) in [7, 11) is 0. The van der Waals surface area contributed by atoms with Crippen LogP contribution in [0.4, 0.5) is 5.69 Å². The third kappa shape index (κ3) is 4.23. The highest BCUT2D eigenvalue weighted by Gasteiger charge is 2.23. The number of hydrogen-bond donors (Lipinski definition) is 0. The minimum atomic E-state index is -0.529. The van der Waals surface area contributed by atoms with Gasteiger partial charge in [0, 0.05) is 22.6 Å². The van der Waals surface area contributed by atoms with Crippen LogP contribution in [0.15, 0.2) is 57.0 Å². The van der Waals surface area contributed by atoms with Crippen molar-refractivity contribution in [2.45, 2.75) is 37.4 Å². The number of nitro groups is 1. The number of ketones is 1. The molecule has 3 aromatic heterocycles. The molecular weight excluding hydrogens is 462 g/mol. The van der Waals surface area contributed by atoms with Gasteiger partial charge in [-0.2, -0.15) is 0 Å². The lowest BCUT2D eigenvalue weighted by Crippen LogP contribution is -2.24. The maximum absolute atomic E-state index is 13.6. The van der Waals surface area contributed by atoms with E-state index in [0.29, 0.717) is 21.1 Å². The Morgan fingerprint density at radius 3 is 2.88 bits per heavy atom. The van der Waals surface area contributed by atoms with Crippen molar-refractivity contribution in [3.8, 4) is 0 Å². The molecule has 1 aromatic carbocycles. The van der Waals surface area contributed by atoms with E-state index in [-0.39, 0.29) is 34.9 Å². The number of Topliss-reactive ketones (excluding diaryl/α,β-unsaturated/α-hetero) is 1. The summed E-state index contributed by atoms with van der Waals surface area (Å²) < 4.78 is 7.02. The van der Waals surface area contributed by atoms with E-state index in [1.807, 2.05) is 0 Å². The molecule has 0 radical (unpaired) electrons. The van der Waals surface area contributed by atoms with Crippen LogP contribution < -0.4 is 5.56 Å². The molecule has 0 N–H and O–H groups in total. The highest BCUT2D eigenvalue weighted by atomic mass is 32.2. The van der Waals surface area contributed by atoms with E-state index < -0.39 is 4.92 Å². The second kappa shape index (κ2) is 8.95. The SMILES string of the molecule is O=C(CSc1nc2sc3c(c2c(=O)n1Cc1ccco1)CCCC3)c1cccc([N+](=O)[O-])c1. The van der Waals surface area contributed by atoms with Crippen molar-refractivity contribution in [1.82, 2.24) is 9.55 Å². The molecule has 4 aromatic rings. The van der Waals surface area contributed by atoms with E-state index in [1.54, 1.807) is 40.4 Å². The van der Waals surface area contributed by atoms with Gasteiger partial charge in [0.2, 0.25) is 0 Å². The van der Waals surface area contributed by atoms with Gasteiger partial charge < -0.3 is 4.42 Å². The summed E-state index contributed by atoms with van der Waals surface area (Å²) in [4.78, 5) is 43.5. The summed E-state index contributed by atoms with van der Waals surface area (Å²) in [5.41, 5.74) is 1.10. The topological polar surface area (TPSA) is 108 Å². The maximum atomic E-state index is 13.6. The predicted octanol–water partition coefficient (Wildman–Crippen LogP) is 4.86. The Morgan fingerprint density at radius 2 is 2.09 bits per heavy atom. The zero-order valence-electron chi connectivity index (χ0n) is 17.5.